The van der Waals surface area contributed by atoms with E-state index in [1.54, 1.807) is 30.3 Å². The molecule has 2 saturated heterocycles. The molecule has 1 aromatic heterocycles. The van der Waals surface area contributed by atoms with Gasteiger partial charge >= 0.3 is 0 Å². The number of hydrogen-bond acceptors (Lipinski definition) is 6. The smallest absolute Gasteiger partial charge is 0.274 e. The Morgan fingerprint density at radius 2 is 1.58 bits per heavy atom. The number of rotatable bonds is 5. The Balaban J connectivity index is 1.34. The van der Waals surface area contributed by atoms with Gasteiger partial charge in [0.05, 0.1) is 13.2 Å². The fourth-order valence-electron chi connectivity index (χ4n) is 4.16. The minimum Gasteiger partial charge on any atom is -0.379 e. The van der Waals surface area contributed by atoms with E-state index in [4.69, 9.17) is 4.74 Å². The van der Waals surface area contributed by atoms with E-state index in [0.29, 0.717) is 23.1 Å². The molecule has 1 aromatic carbocycles. The molecule has 2 N–H and O–H groups in total. The molecule has 0 aliphatic carbocycles. The highest BCUT2D eigenvalue weighted by Crippen LogP contribution is 2.22. The molecule has 31 heavy (non-hydrogen) atoms. The van der Waals surface area contributed by atoms with E-state index >= 15 is 0 Å². The number of pyridine rings is 1. The van der Waals surface area contributed by atoms with Crippen molar-refractivity contribution in [1.82, 2.24) is 9.88 Å². The molecule has 2 aromatic rings. The van der Waals surface area contributed by atoms with Gasteiger partial charge in [0, 0.05) is 50.5 Å². The van der Waals surface area contributed by atoms with Crippen LogP contribution in [-0.4, -0.2) is 67.1 Å². The van der Waals surface area contributed by atoms with Crippen molar-refractivity contribution in [3.8, 4) is 0 Å². The van der Waals surface area contributed by atoms with E-state index in [0.717, 1.165) is 58.1 Å². The first kappa shape index (κ1) is 21.3. The molecule has 4 rings (SSSR count). The number of carbonyl (C=O) groups is 2. The van der Waals surface area contributed by atoms with Gasteiger partial charge in [-0.2, -0.15) is 0 Å². The van der Waals surface area contributed by atoms with E-state index in [9.17, 15) is 9.59 Å². The molecule has 0 atom stereocenters. The summed E-state index contributed by atoms with van der Waals surface area (Å²) in [7, 11) is 0. The zero-order valence-electron chi connectivity index (χ0n) is 17.8. The number of hydrogen-bond donors (Lipinski definition) is 2. The maximum absolute atomic E-state index is 12.7. The summed E-state index contributed by atoms with van der Waals surface area (Å²) in [5.74, 6) is 0.457. The average Bonchev–Trinajstić information content (AvgIpc) is 2.81. The van der Waals surface area contributed by atoms with E-state index in [1.165, 1.54) is 6.92 Å². The lowest BCUT2D eigenvalue weighted by molar-refractivity contribution is -0.114. The van der Waals surface area contributed by atoms with Crippen LogP contribution in [0.2, 0.25) is 0 Å². The first-order valence-corrected chi connectivity index (χ1v) is 10.8. The Morgan fingerprint density at radius 3 is 2.23 bits per heavy atom. The minimum atomic E-state index is -0.252. The van der Waals surface area contributed by atoms with Crippen molar-refractivity contribution in [3.63, 3.8) is 0 Å². The van der Waals surface area contributed by atoms with Gasteiger partial charge in [-0.15, -0.1) is 0 Å². The lowest BCUT2D eigenvalue weighted by Gasteiger charge is -2.40. The third-order valence-corrected chi connectivity index (χ3v) is 5.78. The van der Waals surface area contributed by atoms with E-state index in [2.05, 4.69) is 25.4 Å². The first-order valence-electron chi connectivity index (χ1n) is 10.8. The normalized spacial score (nSPS) is 17.9. The van der Waals surface area contributed by atoms with Crippen molar-refractivity contribution in [2.75, 3.05) is 54.9 Å². The van der Waals surface area contributed by atoms with Gasteiger partial charge in [-0.3, -0.25) is 14.5 Å². The second-order valence-corrected chi connectivity index (χ2v) is 7.96. The highest BCUT2D eigenvalue weighted by Gasteiger charge is 2.26. The van der Waals surface area contributed by atoms with Gasteiger partial charge in [0.25, 0.3) is 5.91 Å². The summed E-state index contributed by atoms with van der Waals surface area (Å²) in [4.78, 5) is 33.2. The number of nitrogens with zero attached hydrogens (tertiary/aromatic N) is 3. The third-order valence-electron chi connectivity index (χ3n) is 5.78. The summed E-state index contributed by atoms with van der Waals surface area (Å²) in [6, 6.07) is 13.2. The lowest BCUT2D eigenvalue weighted by atomic mass is 10.0. The number of carbonyl (C=O) groups excluding carboxylic acids is 2. The molecular formula is C23H29N5O3. The summed E-state index contributed by atoms with van der Waals surface area (Å²) in [5.41, 5.74) is 1.72. The summed E-state index contributed by atoms with van der Waals surface area (Å²) in [5, 5.41) is 5.57. The molecule has 0 unspecified atom stereocenters. The molecule has 2 aliphatic heterocycles. The van der Waals surface area contributed by atoms with Gasteiger partial charge in [-0.05, 0) is 49.2 Å². The van der Waals surface area contributed by atoms with Gasteiger partial charge in [0.2, 0.25) is 5.91 Å². The van der Waals surface area contributed by atoms with Crippen LogP contribution in [-0.2, 0) is 9.53 Å². The van der Waals surface area contributed by atoms with Gasteiger partial charge in [-0.25, -0.2) is 4.98 Å². The molecule has 3 heterocycles. The van der Waals surface area contributed by atoms with Crippen molar-refractivity contribution in [2.45, 2.75) is 25.8 Å². The number of benzene rings is 1. The van der Waals surface area contributed by atoms with Crippen LogP contribution < -0.4 is 15.5 Å². The van der Waals surface area contributed by atoms with Crippen molar-refractivity contribution in [1.29, 1.82) is 0 Å². The van der Waals surface area contributed by atoms with Crippen LogP contribution >= 0.6 is 0 Å². The minimum absolute atomic E-state index is 0.133. The largest absolute Gasteiger partial charge is 0.379 e. The Morgan fingerprint density at radius 1 is 0.935 bits per heavy atom. The van der Waals surface area contributed by atoms with Gasteiger partial charge in [0.1, 0.15) is 11.5 Å². The maximum atomic E-state index is 12.7. The number of morpholine rings is 1. The predicted octanol–water partition coefficient (Wildman–Crippen LogP) is 2.59. The number of ether oxygens (including phenoxy) is 1. The standard InChI is InChI=1S/C23H29N5O3/c1-17(29)24-18-5-7-19(8-6-18)25-23(30)21-3-2-4-22(26-21)28-11-9-20(10-12-28)27-13-15-31-16-14-27/h2-8,20H,9-16H2,1H3,(H,24,29)(H,25,30). The zero-order chi connectivity index (χ0) is 21.6. The highest BCUT2D eigenvalue weighted by atomic mass is 16.5. The van der Waals surface area contributed by atoms with Crippen molar-refractivity contribution >= 4 is 29.0 Å². The molecule has 0 saturated carbocycles. The van der Waals surface area contributed by atoms with Crippen LogP contribution in [0.25, 0.3) is 0 Å². The number of piperidine rings is 1. The van der Waals surface area contributed by atoms with E-state index in [1.807, 2.05) is 12.1 Å². The summed E-state index contributed by atoms with van der Waals surface area (Å²) >= 11 is 0. The molecule has 0 bridgehead atoms. The molecule has 2 aliphatic rings. The Bertz CT molecular complexity index is 904. The number of aromatic nitrogens is 1. The number of anilines is 3. The molecule has 2 amide bonds. The second kappa shape index (κ2) is 9.89. The zero-order valence-corrected chi connectivity index (χ0v) is 17.8. The Hall–Kier alpha value is -2.97. The molecular weight excluding hydrogens is 394 g/mol. The summed E-state index contributed by atoms with van der Waals surface area (Å²) < 4.78 is 5.46. The van der Waals surface area contributed by atoms with Gasteiger partial charge in [0.15, 0.2) is 0 Å². The fourth-order valence-corrected chi connectivity index (χ4v) is 4.16. The Kier molecular flexibility index (Phi) is 6.79. The van der Waals surface area contributed by atoms with Crippen molar-refractivity contribution < 1.29 is 14.3 Å². The van der Waals surface area contributed by atoms with E-state index < -0.39 is 0 Å². The van der Waals surface area contributed by atoms with Crippen molar-refractivity contribution in [2.24, 2.45) is 0 Å². The Labute approximate surface area is 182 Å². The van der Waals surface area contributed by atoms with Crippen LogP contribution in [0.4, 0.5) is 17.2 Å². The van der Waals surface area contributed by atoms with Gasteiger partial charge in [-0.1, -0.05) is 6.07 Å². The second-order valence-electron chi connectivity index (χ2n) is 7.96. The van der Waals surface area contributed by atoms with Crippen LogP contribution in [0.5, 0.6) is 0 Å². The molecule has 2 fully saturated rings. The monoisotopic (exact) mass is 423 g/mol. The molecule has 0 spiro atoms. The predicted molar refractivity (Wildman–Crippen MR) is 121 cm³/mol. The highest BCUT2D eigenvalue weighted by molar-refractivity contribution is 6.03. The van der Waals surface area contributed by atoms with E-state index in [-0.39, 0.29) is 11.8 Å². The fraction of sp³-hybridized carbons (Fsp3) is 0.435. The van der Waals surface area contributed by atoms with Crippen LogP contribution in [0.3, 0.4) is 0 Å². The van der Waals surface area contributed by atoms with Crippen LogP contribution in [0.1, 0.15) is 30.3 Å². The molecule has 8 nitrogen and oxygen atoms in total. The maximum Gasteiger partial charge on any atom is 0.274 e. The van der Waals surface area contributed by atoms with Crippen LogP contribution in [0.15, 0.2) is 42.5 Å². The molecule has 8 heteroatoms. The quantitative estimate of drug-likeness (QED) is 0.769. The average molecular weight is 424 g/mol. The first-order chi connectivity index (χ1) is 15.1. The summed E-state index contributed by atoms with van der Waals surface area (Å²) in [6.45, 7) is 7.02. The topological polar surface area (TPSA) is 86.8 Å². The van der Waals surface area contributed by atoms with Crippen LogP contribution in [0, 0.1) is 0 Å². The molecule has 0 radical (unpaired) electrons. The SMILES string of the molecule is CC(=O)Nc1ccc(NC(=O)c2cccc(N3CCC(N4CCOCC4)CC3)n2)cc1. The molecule has 164 valence electrons. The summed E-state index contributed by atoms with van der Waals surface area (Å²) in [6.07, 6.45) is 2.19. The third kappa shape index (κ3) is 5.59. The van der Waals surface area contributed by atoms with Crippen molar-refractivity contribution in [3.05, 3.63) is 48.2 Å². The lowest BCUT2D eigenvalue weighted by Crippen LogP contribution is -2.49. The number of nitrogens with one attached hydrogen (secondary N) is 2. The number of amides is 2. The van der Waals surface area contributed by atoms with Gasteiger partial charge < -0.3 is 20.3 Å².